The highest BCUT2D eigenvalue weighted by atomic mass is 19.1. The van der Waals surface area contributed by atoms with E-state index >= 15 is 0 Å². The number of halogens is 2. The molecular formula is C15H15F2NO. The van der Waals surface area contributed by atoms with Crippen LogP contribution in [0.15, 0.2) is 36.4 Å². The smallest absolute Gasteiger partial charge is 0.172 e. The number of benzene rings is 2. The van der Waals surface area contributed by atoms with E-state index in [4.69, 9.17) is 4.74 Å². The van der Waals surface area contributed by atoms with Crippen LogP contribution in [0.3, 0.4) is 0 Å². The van der Waals surface area contributed by atoms with Crippen LogP contribution in [0, 0.1) is 11.6 Å². The Labute approximate surface area is 111 Å². The van der Waals surface area contributed by atoms with E-state index in [0.717, 1.165) is 5.56 Å². The van der Waals surface area contributed by atoms with Gasteiger partial charge in [0.05, 0.1) is 7.11 Å². The number of methoxy groups -OCH3 is 1. The molecule has 0 aromatic heterocycles. The molecule has 0 amide bonds. The standard InChI is InChI=1S/C15H15F2NO/c1-18-9-10-6-7-11(13(16)8-10)12-4-3-5-14(19-2)15(12)17/h3-8,18H,9H2,1-2H3. The summed E-state index contributed by atoms with van der Waals surface area (Å²) in [6.07, 6.45) is 0. The predicted octanol–water partition coefficient (Wildman–Crippen LogP) is 3.36. The van der Waals surface area contributed by atoms with Crippen molar-refractivity contribution in [3.63, 3.8) is 0 Å². The zero-order valence-electron chi connectivity index (χ0n) is 10.8. The van der Waals surface area contributed by atoms with Crippen molar-refractivity contribution >= 4 is 0 Å². The van der Waals surface area contributed by atoms with Crippen molar-refractivity contribution in [3.8, 4) is 16.9 Å². The summed E-state index contributed by atoms with van der Waals surface area (Å²) in [4.78, 5) is 0. The number of nitrogens with one attached hydrogen (secondary N) is 1. The van der Waals surface area contributed by atoms with Crippen molar-refractivity contribution in [2.24, 2.45) is 0 Å². The number of rotatable bonds is 4. The van der Waals surface area contributed by atoms with Gasteiger partial charge in [-0.25, -0.2) is 8.78 Å². The second-order valence-corrected chi connectivity index (χ2v) is 4.17. The fourth-order valence-corrected chi connectivity index (χ4v) is 1.97. The van der Waals surface area contributed by atoms with Gasteiger partial charge < -0.3 is 10.1 Å². The van der Waals surface area contributed by atoms with E-state index in [1.54, 1.807) is 25.2 Å². The zero-order valence-corrected chi connectivity index (χ0v) is 10.8. The molecule has 0 bridgehead atoms. The highest BCUT2D eigenvalue weighted by Gasteiger charge is 2.14. The van der Waals surface area contributed by atoms with Crippen LogP contribution in [0.25, 0.3) is 11.1 Å². The summed E-state index contributed by atoms with van der Waals surface area (Å²) in [6, 6.07) is 9.44. The van der Waals surface area contributed by atoms with Crippen molar-refractivity contribution in [1.29, 1.82) is 0 Å². The molecule has 100 valence electrons. The van der Waals surface area contributed by atoms with E-state index < -0.39 is 11.6 Å². The maximum absolute atomic E-state index is 14.1. The Morgan fingerprint density at radius 2 is 1.89 bits per heavy atom. The lowest BCUT2D eigenvalue weighted by atomic mass is 10.0. The van der Waals surface area contributed by atoms with Crippen LogP contribution in [-0.2, 0) is 6.54 Å². The van der Waals surface area contributed by atoms with Crippen LogP contribution in [-0.4, -0.2) is 14.2 Å². The number of ether oxygens (including phenoxy) is 1. The van der Waals surface area contributed by atoms with Gasteiger partial charge in [0, 0.05) is 17.7 Å². The largest absolute Gasteiger partial charge is 0.494 e. The first-order valence-electron chi connectivity index (χ1n) is 5.93. The Hall–Kier alpha value is -1.94. The minimum absolute atomic E-state index is 0.108. The Balaban J connectivity index is 2.47. The molecule has 0 aliphatic heterocycles. The molecule has 1 N–H and O–H groups in total. The second kappa shape index (κ2) is 5.80. The first kappa shape index (κ1) is 13.5. The molecule has 0 spiro atoms. The molecule has 0 saturated carbocycles. The summed E-state index contributed by atoms with van der Waals surface area (Å²) >= 11 is 0. The molecule has 0 aliphatic carbocycles. The lowest BCUT2D eigenvalue weighted by molar-refractivity contribution is 0.387. The van der Waals surface area contributed by atoms with E-state index in [-0.39, 0.29) is 16.9 Å². The monoisotopic (exact) mass is 263 g/mol. The highest BCUT2D eigenvalue weighted by Crippen LogP contribution is 2.30. The SMILES string of the molecule is CNCc1ccc(-c2cccc(OC)c2F)c(F)c1. The van der Waals surface area contributed by atoms with Crippen molar-refractivity contribution in [3.05, 3.63) is 53.6 Å². The first-order valence-corrected chi connectivity index (χ1v) is 5.93. The van der Waals surface area contributed by atoms with E-state index in [1.165, 1.54) is 25.3 Å². The Morgan fingerprint density at radius 1 is 1.11 bits per heavy atom. The zero-order chi connectivity index (χ0) is 13.8. The molecule has 0 fully saturated rings. The molecule has 0 atom stereocenters. The maximum Gasteiger partial charge on any atom is 0.172 e. The van der Waals surface area contributed by atoms with E-state index in [2.05, 4.69) is 5.32 Å². The second-order valence-electron chi connectivity index (χ2n) is 4.17. The molecule has 2 nitrogen and oxygen atoms in total. The average molecular weight is 263 g/mol. The molecule has 2 aromatic rings. The van der Waals surface area contributed by atoms with Crippen LogP contribution < -0.4 is 10.1 Å². The Morgan fingerprint density at radius 3 is 2.53 bits per heavy atom. The molecule has 0 radical (unpaired) electrons. The van der Waals surface area contributed by atoms with Gasteiger partial charge in [0.1, 0.15) is 5.82 Å². The fourth-order valence-electron chi connectivity index (χ4n) is 1.97. The summed E-state index contributed by atoms with van der Waals surface area (Å²) < 4.78 is 33.0. The molecule has 4 heteroatoms. The molecule has 2 rings (SSSR count). The summed E-state index contributed by atoms with van der Waals surface area (Å²) in [6.45, 7) is 0.567. The summed E-state index contributed by atoms with van der Waals surface area (Å²) in [7, 11) is 3.17. The minimum Gasteiger partial charge on any atom is -0.494 e. The van der Waals surface area contributed by atoms with Crippen molar-refractivity contribution in [2.75, 3.05) is 14.2 Å². The van der Waals surface area contributed by atoms with Crippen LogP contribution in [0.2, 0.25) is 0 Å². The molecular weight excluding hydrogens is 248 g/mol. The van der Waals surface area contributed by atoms with Gasteiger partial charge in [-0.2, -0.15) is 0 Å². The quantitative estimate of drug-likeness (QED) is 0.913. The average Bonchev–Trinajstić information content (AvgIpc) is 2.40. The maximum atomic E-state index is 14.1. The Bertz CT molecular complexity index is 584. The molecule has 0 heterocycles. The van der Waals surface area contributed by atoms with Gasteiger partial charge in [-0.15, -0.1) is 0 Å². The normalized spacial score (nSPS) is 10.5. The van der Waals surface area contributed by atoms with Crippen LogP contribution in [0.4, 0.5) is 8.78 Å². The summed E-state index contributed by atoms with van der Waals surface area (Å²) in [5.41, 5.74) is 1.25. The van der Waals surface area contributed by atoms with Crippen molar-refractivity contribution in [2.45, 2.75) is 6.54 Å². The Kier molecular flexibility index (Phi) is 4.12. The third kappa shape index (κ3) is 2.74. The van der Waals surface area contributed by atoms with E-state index in [0.29, 0.717) is 6.54 Å². The van der Waals surface area contributed by atoms with Gasteiger partial charge in [0.2, 0.25) is 0 Å². The van der Waals surface area contributed by atoms with Gasteiger partial charge in [-0.05, 0) is 24.7 Å². The lowest BCUT2D eigenvalue weighted by Gasteiger charge is -2.09. The topological polar surface area (TPSA) is 21.3 Å². The minimum atomic E-state index is -0.551. The van der Waals surface area contributed by atoms with Crippen LogP contribution in [0.5, 0.6) is 5.75 Å². The molecule has 0 unspecified atom stereocenters. The summed E-state index contributed by atoms with van der Waals surface area (Å²) in [5.74, 6) is -0.888. The predicted molar refractivity (Wildman–Crippen MR) is 71.1 cm³/mol. The molecule has 0 saturated heterocycles. The molecule has 2 aromatic carbocycles. The van der Waals surface area contributed by atoms with Crippen molar-refractivity contribution in [1.82, 2.24) is 5.32 Å². The molecule has 0 aliphatic rings. The third-order valence-corrected chi connectivity index (χ3v) is 2.89. The third-order valence-electron chi connectivity index (χ3n) is 2.89. The first-order chi connectivity index (χ1) is 9.17. The number of hydrogen-bond donors (Lipinski definition) is 1. The fraction of sp³-hybridized carbons (Fsp3) is 0.200. The van der Waals surface area contributed by atoms with Gasteiger partial charge >= 0.3 is 0 Å². The molecule has 19 heavy (non-hydrogen) atoms. The van der Waals surface area contributed by atoms with Gasteiger partial charge in [0.25, 0.3) is 0 Å². The van der Waals surface area contributed by atoms with E-state index in [9.17, 15) is 8.78 Å². The number of hydrogen-bond acceptors (Lipinski definition) is 2. The van der Waals surface area contributed by atoms with E-state index in [1.807, 2.05) is 0 Å². The van der Waals surface area contributed by atoms with Gasteiger partial charge in [0.15, 0.2) is 11.6 Å². The van der Waals surface area contributed by atoms with Gasteiger partial charge in [-0.3, -0.25) is 0 Å². The van der Waals surface area contributed by atoms with Gasteiger partial charge in [-0.1, -0.05) is 24.3 Å². The highest BCUT2D eigenvalue weighted by molar-refractivity contribution is 5.67. The van der Waals surface area contributed by atoms with Crippen LogP contribution in [0.1, 0.15) is 5.56 Å². The lowest BCUT2D eigenvalue weighted by Crippen LogP contribution is -2.05. The summed E-state index contributed by atoms with van der Waals surface area (Å²) in [5, 5.41) is 2.94. The van der Waals surface area contributed by atoms with Crippen molar-refractivity contribution < 1.29 is 13.5 Å². The van der Waals surface area contributed by atoms with Crippen LogP contribution >= 0.6 is 0 Å².